The third-order valence-electron chi connectivity index (χ3n) is 2.97. The van der Waals surface area contributed by atoms with Gasteiger partial charge in [0.25, 0.3) is 0 Å². The van der Waals surface area contributed by atoms with E-state index in [2.05, 4.69) is 19.2 Å². The first-order valence-electron chi connectivity index (χ1n) is 6.77. The lowest BCUT2D eigenvalue weighted by atomic mass is 10.1. The van der Waals surface area contributed by atoms with Crippen LogP contribution in [0, 0.1) is 5.82 Å². The topological polar surface area (TPSA) is 21.3 Å². The van der Waals surface area contributed by atoms with Crippen LogP contribution in [0.5, 0.6) is 5.75 Å². The molecule has 1 aromatic carbocycles. The molecule has 0 fully saturated rings. The molecule has 2 nitrogen and oxygen atoms in total. The summed E-state index contributed by atoms with van der Waals surface area (Å²) in [6.45, 7) is 9.09. The van der Waals surface area contributed by atoms with Gasteiger partial charge in [0.15, 0.2) is 0 Å². The molecule has 0 aromatic heterocycles. The Balaban J connectivity index is 2.88. The zero-order valence-corrected chi connectivity index (χ0v) is 11.8. The normalized spacial score (nSPS) is 14.3. The molecule has 0 heterocycles. The van der Waals surface area contributed by atoms with Gasteiger partial charge in [0.2, 0.25) is 0 Å². The van der Waals surface area contributed by atoms with Crippen molar-refractivity contribution in [1.82, 2.24) is 5.32 Å². The Morgan fingerprint density at radius 1 is 1.28 bits per heavy atom. The van der Waals surface area contributed by atoms with Crippen LogP contribution in [0.15, 0.2) is 18.2 Å². The predicted molar refractivity (Wildman–Crippen MR) is 73.5 cm³/mol. The summed E-state index contributed by atoms with van der Waals surface area (Å²) in [5, 5.41) is 3.29. The van der Waals surface area contributed by atoms with Crippen molar-refractivity contribution in [2.45, 2.75) is 52.7 Å². The molecule has 18 heavy (non-hydrogen) atoms. The van der Waals surface area contributed by atoms with E-state index in [0.717, 1.165) is 30.7 Å². The number of hydrogen-bond donors (Lipinski definition) is 1. The Morgan fingerprint density at radius 2 is 2.00 bits per heavy atom. The fourth-order valence-electron chi connectivity index (χ4n) is 2.06. The van der Waals surface area contributed by atoms with Gasteiger partial charge in [0.05, 0.1) is 6.10 Å². The van der Waals surface area contributed by atoms with Crippen molar-refractivity contribution in [3.63, 3.8) is 0 Å². The minimum absolute atomic E-state index is 0.0922. The molecule has 0 saturated carbocycles. The molecule has 0 radical (unpaired) electrons. The number of halogens is 1. The lowest BCUT2D eigenvalue weighted by Gasteiger charge is -2.21. The van der Waals surface area contributed by atoms with Gasteiger partial charge >= 0.3 is 0 Å². The molecule has 0 aliphatic carbocycles. The molecule has 0 spiro atoms. The average Bonchev–Trinajstić information content (AvgIpc) is 2.32. The van der Waals surface area contributed by atoms with Crippen molar-refractivity contribution in [2.24, 2.45) is 0 Å². The summed E-state index contributed by atoms with van der Waals surface area (Å²) >= 11 is 0. The van der Waals surface area contributed by atoms with Gasteiger partial charge < -0.3 is 10.1 Å². The second-order valence-electron chi connectivity index (χ2n) is 4.68. The predicted octanol–water partition coefficient (Wildman–Crippen LogP) is 4.06. The zero-order chi connectivity index (χ0) is 13.5. The van der Waals surface area contributed by atoms with Gasteiger partial charge in [-0.05, 0) is 45.0 Å². The lowest BCUT2D eigenvalue weighted by Crippen LogP contribution is -2.20. The number of hydrogen-bond acceptors (Lipinski definition) is 2. The highest BCUT2D eigenvalue weighted by molar-refractivity contribution is 5.36. The molecule has 2 atom stereocenters. The van der Waals surface area contributed by atoms with Crippen molar-refractivity contribution >= 4 is 0 Å². The maximum atomic E-state index is 13.3. The van der Waals surface area contributed by atoms with Crippen LogP contribution in [-0.2, 0) is 0 Å². The highest BCUT2D eigenvalue weighted by Crippen LogP contribution is 2.27. The molecule has 0 aliphatic heterocycles. The van der Waals surface area contributed by atoms with E-state index < -0.39 is 0 Å². The molecule has 2 unspecified atom stereocenters. The monoisotopic (exact) mass is 253 g/mol. The van der Waals surface area contributed by atoms with E-state index in [1.165, 1.54) is 6.07 Å². The van der Waals surface area contributed by atoms with Gasteiger partial charge in [-0.1, -0.05) is 20.3 Å². The summed E-state index contributed by atoms with van der Waals surface area (Å²) in [6.07, 6.45) is 2.25. The first-order valence-corrected chi connectivity index (χ1v) is 6.77. The van der Waals surface area contributed by atoms with Crippen LogP contribution in [0.2, 0.25) is 0 Å². The molecule has 0 bridgehead atoms. The van der Waals surface area contributed by atoms with Crippen LogP contribution in [0.4, 0.5) is 4.39 Å². The fourth-order valence-corrected chi connectivity index (χ4v) is 2.06. The van der Waals surface area contributed by atoms with Crippen LogP contribution in [0.3, 0.4) is 0 Å². The van der Waals surface area contributed by atoms with Gasteiger partial charge in [0, 0.05) is 11.6 Å². The van der Waals surface area contributed by atoms with E-state index >= 15 is 0 Å². The van der Waals surface area contributed by atoms with Crippen LogP contribution in [0.1, 0.15) is 52.1 Å². The van der Waals surface area contributed by atoms with E-state index in [4.69, 9.17) is 4.74 Å². The van der Waals surface area contributed by atoms with Gasteiger partial charge in [0.1, 0.15) is 11.6 Å². The summed E-state index contributed by atoms with van der Waals surface area (Å²) in [4.78, 5) is 0. The highest BCUT2D eigenvalue weighted by Gasteiger charge is 2.14. The first kappa shape index (κ1) is 15.0. The Labute approximate surface area is 110 Å². The largest absolute Gasteiger partial charge is 0.490 e. The molecule has 0 aliphatic rings. The van der Waals surface area contributed by atoms with Crippen LogP contribution in [-0.4, -0.2) is 12.6 Å². The van der Waals surface area contributed by atoms with Crippen LogP contribution in [0.25, 0.3) is 0 Å². The Bertz CT molecular complexity index is 368. The third-order valence-corrected chi connectivity index (χ3v) is 2.97. The average molecular weight is 253 g/mol. The van der Waals surface area contributed by atoms with E-state index in [0.29, 0.717) is 0 Å². The minimum Gasteiger partial charge on any atom is -0.490 e. The number of nitrogens with one attached hydrogen (secondary N) is 1. The second kappa shape index (κ2) is 7.37. The van der Waals surface area contributed by atoms with Gasteiger partial charge in [-0.2, -0.15) is 0 Å². The van der Waals surface area contributed by atoms with E-state index in [1.54, 1.807) is 12.1 Å². The molecule has 0 saturated heterocycles. The van der Waals surface area contributed by atoms with Crippen molar-refractivity contribution in [3.05, 3.63) is 29.6 Å². The molecule has 102 valence electrons. The second-order valence-corrected chi connectivity index (χ2v) is 4.68. The summed E-state index contributed by atoms with van der Waals surface area (Å²) < 4.78 is 19.3. The molecule has 3 heteroatoms. The summed E-state index contributed by atoms with van der Waals surface area (Å²) in [5.74, 6) is 0.566. The molecule has 1 aromatic rings. The summed E-state index contributed by atoms with van der Waals surface area (Å²) in [7, 11) is 0. The quantitative estimate of drug-likeness (QED) is 0.791. The van der Waals surface area contributed by atoms with E-state index in [1.807, 2.05) is 13.8 Å². The van der Waals surface area contributed by atoms with Crippen molar-refractivity contribution in [2.75, 3.05) is 6.54 Å². The Morgan fingerprint density at radius 3 is 2.61 bits per heavy atom. The van der Waals surface area contributed by atoms with Crippen LogP contribution < -0.4 is 10.1 Å². The Hall–Kier alpha value is -1.09. The van der Waals surface area contributed by atoms with Crippen LogP contribution >= 0.6 is 0 Å². The molecular weight excluding hydrogens is 229 g/mol. The maximum Gasteiger partial charge on any atom is 0.124 e. The van der Waals surface area contributed by atoms with E-state index in [9.17, 15) is 4.39 Å². The van der Waals surface area contributed by atoms with Crippen molar-refractivity contribution in [1.29, 1.82) is 0 Å². The number of benzene rings is 1. The summed E-state index contributed by atoms with van der Waals surface area (Å²) in [6, 6.07) is 4.83. The Kier molecular flexibility index (Phi) is 6.13. The minimum atomic E-state index is -0.217. The van der Waals surface area contributed by atoms with Gasteiger partial charge in [-0.3, -0.25) is 0 Å². The molecular formula is C15H24FNO. The van der Waals surface area contributed by atoms with Crippen molar-refractivity contribution in [3.8, 4) is 5.75 Å². The van der Waals surface area contributed by atoms with Gasteiger partial charge in [-0.15, -0.1) is 0 Å². The SMILES string of the molecule is CCCC(C)Oc1ccc(F)cc1C(C)NCC. The fraction of sp³-hybridized carbons (Fsp3) is 0.600. The molecule has 1 N–H and O–H groups in total. The first-order chi connectivity index (χ1) is 8.58. The maximum absolute atomic E-state index is 13.3. The number of rotatable bonds is 7. The third kappa shape index (κ3) is 4.30. The smallest absolute Gasteiger partial charge is 0.124 e. The zero-order valence-electron chi connectivity index (χ0n) is 11.8. The van der Waals surface area contributed by atoms with Gasteiger partial charge in [-0.25, -0.2) is 4.39 Å². The lowest BCUT2D eigenvalue weighted by molar-refractivity contribution is 0.206. The molecule has 1 rings (SSSR count). The number of ether oxygens (including phenoxy) is 1. The van der Waals surface area contributed by atoms with E-state index in [-0.39, 0.29) is 18.0 Å². The molecule has 0 amide bonds. The highest BCUT2D eigenvalue weighted by atomic mass is 19.1. The standard InChI is InChI=1S/C15H24FNO/c1-5-7-11(3)18-15-9-8-13(16)10-14(15)12(4)17-6-2/h8-12,17H,5-7H2,1-4H3. The van der Waals surface area contributed by atoms with Crippen molar-refractivity contribution < 1.29 is 9.13 Å². The summed E-state index contributed by atoms with van der Waals surface area (Å²) in [5.41, 5.74) is 0.889.